The molecule has 10 heteroatoms. The van der Waals surface area contributed by atoms with Gasteiger partial charge in [0, 0.05) is 11.9 Å². The quantitative estimate of drug-likeness (QED) is 0.636. The molecule has 0 unspecified atom stereocenters. The molecule has 2 N–H and O–H groups in total. The van der Waals surface area contributed by atoms with Gasteiger partial charge in [0.05, 0.1) is 20.1 Å². The molecule has 1 aromatic rings. The summed E-state index contributed by atoms with van der Waals surface area (Å²) in [6.07, 6.45) is 1.73. The van der Waals surface area contributed by atoms with Crippen molar-refractivity contribution in [1.82, 2.24) is 5.32 Å². The number of benzene rings is 1. The maximum absolute atomic E-state index is 12.7. The van der Waals surface area contributed by atoms with E-state index in [1.807, 2.05) is 0 Å². The van der Waals surface area contributed by atoms with Crippen LogP contribution in [0.1, 0.15) is 19.3 Å². The Hall–Kier alpha value is -1.84. The Balaban J connectivity index is 0.00000364. The lowest BCUT2D eigenvalue weighted by molar-refractivity contribution is -0.141. The predicted octanol–water partition coefficient (Wildman–Crippen LogP) is 1.16. The number of esters is 1. The van der Waals surface area contributed by atoms with Crippen LogP contribution in [-0.4, -0.2) is 58.1 Å². The Bertz CT molecular complexity index is 745. The van der Waals surface area contributed by atoms with Crippen LogP contribution in [0.3, 0.4) is 0 Å². The van der Waals surface area contributed by atoms with Crippen LogP contribution < -0.4 is 15.4 Å². The number of piperidine rings is 1. The molecule has 0 aromatic heterocycles. The Labute approximate surface area is 165 Å². The van der Waals surface area contributed by atoms with Gasteiger partial charge in [0.1, 0.15) is 5.75 Å². The Morgan fingerprint density at radius 3 is 2.30 bits per heavy atom. The largest absolute Gasteiger partial charge is 0.493 e. The summed E-state index contributed by atoms with van der Waals surface area (Å²) in [5, 5.41) is 5.77. The minimum atomic E-state index is -3.56. The number of carbonyl (C=O) groups is 2. The number of halogens is 1. The second-order valence-electron chi connectivity index (χ2n) is 6.17. The SMILES string of the molecule is COC(=O)CCOc1ccc(NC(=O)C2(S(C)(=O)=O)CCNCC2)cc1.Cl. The second kappa shape index (κ2) is 9.91. The molecule has 0 spiro atoms. The molecule has 1 heterocycles. The molecule has 0 aliphatic carbocycles. The van der Waals surface area contributed by atoms with Gasteiger partial charge in [-0.3, -0.25) is 9.59 Å². The molecule has 0 bridgehead atoms. The number of methoxy groups -OCH3 is 1. The van der Waals surface area contributed by atoms with Crippen molar-refractivity contribution in [2.45, 2.75) is 24.0 Å². The molecule has 1 aliphatic heterocycles. The summed E-state index contributed by atoms with van der Waals surface area (Å²) in [7, 11) is -2.25. The first-order valence-corrected chi connectivity index (χ1v) is 10.2. The zero-order valence-corrected chi connectivity index (χ0v) is 17.0. The number of rotatable bonds is 7. The van der Waals surface area contributed by atoms with E-state index < -0.39 is 20.5 Å². The van der Waals surface area contributed by atoms with Crippen LogP contribution in [0.2, 0.25) is 0 Å². The molecule has 8 nitrogen and oxygen atoms in total. The molecule has 1 aromatic carbocycles. The fraction of sp³-hybridized carbons (Fsp3) is 0.529. The van der Waals surface area contributed by atoms with Gasteiger partial charge < -0.3 is 20.1 Å². The molecule has 1 amide bonds. The first-order chi connectivity index (χ1) is 12.3. The molecule has 1 aliphatic rings. The average Bonchev–Trinajstić information content (AvgIpc) is 2.62. The van der Waals surface area contributed by atoms with Gasteiger partial charge in [-0.2, -0.15) is 0 Å². The third kappa shape index (κ3) is 5.82. The van der Waals surface area contributed by atoms with E-state index in [2.05, 4.69) is 15.4 Å². The van der Waals surface area contributed by atoms with Crippen molar-refractivity contribution < 1.29 is 27.5 Å². The van der Waals surface area contributed by atoms with Crippen molar-refractivity contribution in [1.29, 1.82) is 0 Å². The van der Waals surface area contributed by atoms with E-state index in [9.17, 15) is 18.0 Å². The smallest absolute Gasteiger partial charge is 0.308 e. The van der Waals surface area contributed by atoms with E-state index in [1.165, 1.54) is 7.11 Å². The number of ether oxygens (including phenoxy) is 2. The third-order valence-corrected chi connectivity index (χ3v) is 6.46. The zero-order valence-electron chi connectivity index (χ0n) is 15.3. The normalized spacial score (nSPS) is 15.9. The summed E-state index contributed by atoms with van der Waals surface area (Å²) in [6.45, 7) is 1.14. The van der Waals surface area contributed by atoms with Crippen LogP contribution in [0.4, 0.5) is 5.69 Å². The fourth-order valence-electron chi connectivity index (χ4n) is 2.83. The number of carbonyl (C=O) groups excluding carboxylic acids is 2. The number of hydrogen-bond acceptors (Lipinski definition) is 7. The van der Waals surface area contributed by atoms with Gasteiger partial charge in [-0.15, -0.1) is 12.4 Å². The molecule has 0 saturated carbocycles. The van der Waals surface area contributed by atoms with Crippen molar-refractivity contribution in [3.8, 4) is 5.75 Å². The van der Waals surface area contributed by atoms with E-state index in [4.69, 9.17) is 4.74 Å². The summed E-state index contributed by atoms with van der Waals surface area (Å²) < 4.78 is 33.0. The number of hydrogen-bond donors (Lipinski definition) is 2. The molecule has 152 valence electrons. The van der Waals surface area contributed by atoms with E-state index in [-0.39, 0.29) is 44.2 Å². The summed E-state index contributed by atoms with van der Waals surface area (Å²) in [5.74, 6) is -0.339. The first kappa shape index (κ1) is 23.2. The molecule has 1 saturated heterocycles. The topological polar surface area (TPSA) is 111 Å². The third-order valence-electron chi connectivity index (χ3n) is 4.45. The van der Waals surface area contributed by atoms with Crippen LogP contribution in [0, 0.1) is 0 Å². The number of anilines is 1. The Morgan fingerprint density at radius 2 is 1.78 bits per heavy atom. The monoisotopic (exact) mass is 420 g/mol. The van der Waals surface area contributed by atoms with Gasteiger partial charge in [0.25, 0.3) is 0 Å². The van der Waals surface area contributed by atoms with Gasteiger partial charge in [0.2, 0.25) is 5.91 Å². The standard InChI is InChI=1S/C17H24N2O6S.ClH/c1-24-15(20)7-12-25-14-5-3-13(4-6-14)19-16(21)17(26(2,22)23)8-10-18-11-9-17;/h3-6,18H,7-12H2,1-2H3,(H,19,21);1H. The average molecular weight is 421 g/mol. The lowest BCUT2D eigenvalue weighted by atomic mass is 9.95. The summed E-state index contributed by atoms with van der Waals surface area (Å²) in [6, 6.07) is 6.54. The first-order valence-electron chi connectivity index (χ1n) is 8.30. The highest BCUT2D eigenvalue weighted by Gasteiger charge is 2.48. The minimum absolute atomic E-state index is 0. The van der Waals surface area contributed by atoms with Gasteiger partial charge in [0.15, 0.2) is 14.6 Å². The van der Waals surface area contributed by atoms with Crippen molar-refractivity contribution >= 4 is 39.8 Å². The van der Waals surface area contributed by atoms with Crippen molar-refractivity contribution in [2.24, 2.45) is 0 Å². The highest BCUT2D eigenvalue weighted by molar-refractivity contribution is 7.92. The van der Waals surface area contributed by atoms with E-state index in [0.29, 0.717) is 24.5 Å². The van der Waals surface area contributed by atoms with Gasteiger partial charge in [-0.05, 0) is 50.2 Å². The lowest BCUT2D eigenvalue weighted by Crippen LogP contribution is -2.55. The van der Waals surface area contributed by atoms with E-state index in [1.54, 1.807) is 24.3 Å². The number of nitrogens with one attached hydrogen (secondary N) is 2. The molecular weight excluding hydrogens is 396 g/mol. The minimum Gasteiger partial charge on any atom is -0.493 e. The van der Waals surface area contributed by atoms with Gasteiger partial charge >= 0.3 is 5.97 Å². The van der Waals surface area contributed by atoms with E-state index in [0.717, 1.165) is 6.26 Å². The Kier molecular flexibility index (Phi) is 8.52. The van der Waals surface area contributed by atoms with Crippen molar-refractivity contribution in [3.05, 3.63) is 24.3 Å². The number of amides is 1. The van der Waals surface area contributed by atoms with Crippen LogP contribution in [-0.2, 0) is 24.2 Å². The van der Waals surface area contributed by atoms with Crippen LogP contribution in [0.15, 0.2) is 24.3 Å². The van der Waals surface area contributed by atoms with Crippen LogP contribution in [0.25, 0.3) is 0 Å². The van der Waals surface area contributed by atoms with Crippen molar-refractivity contribution in [2.75, 3.05) is 38.4 Å². The molecular formula is C17H25ClN2O6S. The van der Waals surface area contributed by atoms with Crippen LogP contribution >= 0.6 is 12.4 Å². The van der Waals surface area contributed by atoms with Gasteiger partial charge in [-0.25, -0.2) is 8.42 Å². The predicted molar refractivity (Wildman–Crippen MR) is 104 cm³/mol. The van der Waals surface area contributed by atoms with Crippen LogP contribution in [0.5, 0.6) is 5.75 Å². The number of sulfone groups is 1. The molecule has 0 atom stereocenters. The summed E-state index contributed by atoms with van der Waals surface area (Å²) in [5.41, 5.74) is 0.483. The second-order valence-corrected chi connectivity index (χ2v) is 8.50. The van der Waals surface area contributed by atoms with Gasteiger partial charge in [-0.1, -0.05) is 0 Å². The zero-order chi connectivity index (χ0) is 19.2. The summed E-state index contributed by atoms with van der Waals surface area (Å²) >= 11 is 0. The maximum atomic E-state index is 12.7. The van der Waals surface area contributed by atoms with E-state index >= 15 is 0 Å². The molecule has 2 rings (SSSR count). The highest BCUT2D eigenvalue weighted by Crippen LogP contribution is 2.29. The highest BCUT2D eigenvalue weighted by atomic mass is 35.5. The lowest BCUT2D eigenvalue weighted by Gasteiger charge is -2.34. The fourth-order valence-corrected chi connectivity index (χ4v) is 4.16. The maximum Gasteiger partial charge on any atom is 0.308 e. The summed E-state index contributed by atoms with van der Waals surface area (Å²) in [4.78, 5) is 23.7. The molecule has 27 heavy (non-hydrogen) atoms. The molecule has 0 radical (unpaired) electrons. The molecule has 1 fully saturated rings. The van der Waals surface area contributed by atoms with Crippen molar-refractivity contribution in [3.63, 3.8) is 0 Å². The Morgan fingerprint density at radius 1 is 1.19 bits per heavy atom.